The highest BCUT2D eigenvalue weighted by Crippen LogP contribution is 2.45. The van der Waals surface area contributed by atoms with Crippen LogP contribution in [0.15, 0.2) is 12.3 Å². The van der Waals surface area contributed by atoms with Crippen LogP contribution in [0.25, 0.3) is 0 Å². The molecule has 0 radical (unpaired) electrons. The van der Waals surface area contributed by atoms with E-state index in [-0.39, 0.29) is 5.54 Å². The summed E-state index contributed by atoms with van der Waals surface area (Å²) in [4.78, 5) is 7.19. The summed E-state index contributed by atoms with van der Waals surface area (Å²) in [7, 11) is 0. The second kappa shape index (κ2) is 3.72. The van der Waals surface area contributed by atoms with E-state index >= 15 is 0 Å². The number of anilines is 1. The van der Waals surface area contributed by atoms with Gasteiger partial charge in [-0.3, -0.25) is 4.98 Å². The molecule has 0 saturated heterocycles. The molecule has 0 bridgehead atoms. The number of aromatic nitrogens is 1. The Hall–Kier alpha value is -1.05. The molecular weight excluding hydrogens is 208 g/mol. The highest BCUT2D eigenvalue weighted by Gasteiger charge is 2.36. The van der Waals surface area contributed by atoms with Crippen LogP contribution in [0, 0.1) is 0 Å². The van der Waals surface area contributed by atoms with Gasteiger partial charge in [0, 0.05) is 41.1 Å². The minimum Gasteiger partial charge on any atom is -0.366 e. The van der Waals surface area contributed by atoms with Gasteiger partial charge in [-0.05, 0) is 46.1 Å². The fourth-order valence-corrected chi connectivity index (χ4v) is 3.35. The Morgan fingerprint density at radius 1 is 1.29 bits per heavy atom. The van der Waals surface area contributed by atoms with Crippen molar-refractivity contribution in [1.29, 1.82) is 0 Å². The zero-order valence-electron chi connectivity index (χ0n) is 11.2. The number of nitrogens with zero attached hydrogens (tertiary/aromatic N) is 2. The van der Waals surface area contributed by atoms with Crippen LogP contribution in [0.5, 0.6) is 0 Å². The third kappa shape index (κ3) is 1.74. The van der Waals surface area contributed by atoms with Crippen molar-refractivity contribution in [3.8, 4) is 0 Å². The summed E-state index contributed by atoms with van der Waals surface area (Å²) in [5, 5.41) is 0. The topological polar surface area (TPSA) is 16.1 Å². The molecule has 1 aliphatic heterocycles. The van der Waals surface area contributed by atoms with E-state index in [9.17, 15) is 0 Å². The average Bonchev–Trinajstić information content (AvgIpc) is 2.51. The van der Waals surface area contributed by atoms with Crippen LogP contribution in [0.4, 0.5) is 5.69 Å². The lowest BCUT2D eigenvalue weighted by Crippen LogP contribution is -2.40. The van der Waals surface area contributed by atoms with Crippen molar-refractivity contribution >= 4 is 5.69 Å². The van der Waals surface area contributed by atoms with E-state index in [4.69, 9.17) is 0 Å². The zero-order chi connectivity index (χ0) is 12.0. The number of hydrogen-bond donors (Lipinski definition) is 0. The van der Waals surface area contributed by atoms with Crippen LogP contribution in [-0.2, 0) is 6.42 Å². The first-order valence-electron chi connectivity index (χ1n) is 6.83. The van der Waals surface area contributed by atoms with Gasteiger partial charge >= 0.3 is 0 Å². The highest BCUT2D eigenvalue weighted by molar-refractivity contribution is 5.63. The van der Waals surface area contributed by atoms with Crippen molar-refractivity contribution in [2.45, 2.75) is 57.9 Å². The van der Waals surface area contributed by atoms with Gasteiger partial charge in [-0.1, -0.05) is 6.42 Å². The summed E-state index contributed by atoms with van der Waals surface area (Å²) in [5.74, 6) is 0.732. The van der Waals surface area contributed by atoms with E-state index in [1.807, 2.05) is 6.20 Å². The summed E-state index contributed by atoms with van der Waals surface area (Å²) in [6.45, 7) is 8.12. The summed E-state index contributed by atoms with van der Waals surface area (Å²) in [6, 6.07) is 2.22. The summed E-state index contributed by atoms with van der Waals surface area (Å²) < 4.78 is 0. The van der Waals surface area contributed by atoms with Crippen LogP contribution < -0.4 is 4.90 Å². The molecule has 2 heteroatoms. The van der Waals surface area contributed by atoms with Crippen molar-refractivity contribution in [2.24, 2.45) is 0 Å². The predicted molar refractivity (Wildman–Crippen MR) is 71.6 cm³/mol. The molecule has 0 spiro atoms. The maximum Gasteiger partial charge on any atom is 0.0459 e. The smallest absolute Gasteiger partial charge is 0.0459 e. The number of pyridine rings is 1. The maximum atomic E-state index is 4.62. The van der Waals surface area contributed by atoms with Gasteiger partial charge in [0.2, 0.25) is 0 Å². The first kappa shape index (κ1) is 11.1. The Morgan fingerprint density at radius 3 is 2.88 bits per heavy atom. The molecule has 2 heterocycles. The Balaban J connectivity index is 2.11. The van der Waals surface area contributed by atoms with Gasteiger partial charge in [-0.25, -0.2) is 0 Å². The molecule has 2 aliphatic rings. The Bertz CT molecular complexity index is 431. The van der Waals surface area contributed by atoms with Crippen LogP contribution in [-0.4, -0.2) is 17.1 Å². The molecule has 0 N–H and O–H groups in total. The van der Waals surface area contributed by atoms with Gasteiger partial charge in [0.1, 0.15) is 0 Å². The van der Waals surface area contributed by atoms with E-state index < -0.39 is 0 Å². The van der Waals surface area contributed by atoms with Crippen LogP contribution in [0.3, 0.4) is 0 Å². The lowest BCUT2D eigenvalue weighted by Gasteiger charge is -2.35. The third-order valence-corrected chi connectivity index (χ3v) is 4.18. The Labute approximate surface area is 104 Å². The largest absolute Gasteiger partial charge is 0.366 e. The Kier molecular flexibility index (Phi) is 2.42. The molecule has 0 amide bonds. The third-order valence-electron chi connectivity index (χ3n) is 4.18. The SMILES string of the molecule is CC(C)(C)N1CC2CCCCc3nccc1c32. The van der Waals surface area contributed by atoms with Crippen LogP contribution >= 0.6 is 0 Å². The van der Waals surface area contributed by atoms with Gasteiger partial charge in [-0.15, -0.1) is 0 Å². The standard InChI is InChI=1S/C15H22N2/c1-15(2,3)17-10-11-6-4-5-7-12-14(11)13(17)8-9-16-12/h8-9,11H,4-7,10H2,1-3H3. The van der Waals surface area contributed by atoms with Gasteiger partial charge < -0.3 is 4.90 Å². The lowest BCUT2D eigenvalue weighted by atomic mass is 9.98. The molecule has 1 atom stereocenters. The van der Waals surface area contributed by atoms with E-state index in [0.29, 0.717) is 0 Å². The predicted octanol–water partition coefficient (Wildman–Crippen LogP) is 3.51. The van der Waals surface area contributed by atoms with E-state index in [2.05, 4.69) is 36.7 Å². The number of aryl methyl sites for hydroxylation is 1. The molecule has 1 aromatic heterocycles. The summed E-state index contributed by atoms with van der Waals surface area (Å²) in [6.07, 6.45) is 7.20. The quantitative estimate of drug-likeness (QED) is 0.678. The Morgan fingerprint density at radius 2 is 2.12 bits per heavy atom. The molecule has 0 aromatic carbocycles. The molecule has 2 nitrogen and oxygen atoms in total. The van der Waals surface area contributed by atoms with Gasteiger partial charge in [0.25, 0.3) is 0 Å². The highest BCUT2D eigenvalue weighted by atomic mass is 15.2. The molecule has 1 unspecified atom stereocenters. The normalized spacial score (nSPS) is 23.5. The molecule has 0 saturated carbocycles. The van der Waals surface area contributed by atoms with Crippen molar-refractivity contribution in [1.82, 2.24) is 4.98 Å². The minimum atomic E-state index is 0.224. The molecule has 17 heavy (non-hydrogen) atoms. The molecule has 1 aliphatic carbocycles. The number of hydrogen-bond acceptors (Lipinski definition) is 2. The molecule has 1 aromatic rings. The van der Waals surface area contributed by atoms with E-state index in [1.54, 1.807) is 5.56 Å². The molecule has 3 rings (SSSR count). The maximum absolute atomic E-state index is 4.62. The molecule has 92 valence electrons. The first-order valence-corrected chi connectivity index (χ1v) is 6.83. The average molecular weight is 230 g/mol. The zero-order valence-corrected chi connectivity index (χ0v) is 11.2. The summed E-state index contributed by atoms with van der Waals surface area (Å²) in [5.41, 5.74) is 4.62. The monoisotopic (exact) mass is 230 g/mol. The van der Waals surface area contributed by atoms with Gasteiger partial charge in [0.05, 0.1) is 0 Å². The van der Waals surface area contributed by atoms with Gasteiger partial charge in [0.15, 0.2) is 0 Å². The lowest BCUT2D eigenvalue weighted by molar-refractivity contribution is 0.489. The van der Waals surface area contributed by atoms with E-state index in [0.717, 1.165) is 5.92 Å². The van der Waals surface area contributed by atoms with Crippen molar-refractivity contribution in [3.05, 3.63) is 23.5 Å². The fraction of sp³-hybridized carbons (Fsp3) is 0.667. The van der Waals surface area contributed by atoms with Crippen LogP contribution in [0.1, 0.15) is 57.2 Å². The van der Waals surface area contributed by atoms with Crippen molar-refractivity contribution in [2.75, 3.05) is 11.4 Å². The molecular formula is C15H22N2. The second-order valence-corrected chi connectivity index (χ2v) is 6.41. The second-order valence-electron chi connectivity index (χ2n) is 6.41. The fourth-order valence-electron chi connectivity index (χ4n) is 3.35. The van der Waals surface area contributed by atoms with Crippen molar-refractivity contribution in [3.63, 3.8) is 0 Å². The minimum absolute atomic E-state index is 0.224. The molecule has 0 fully saturated rings. The summed E-state index contributed by atoms with van der Waals surface area (Å²) >= 11 is 0. The van der Waals surface area contributed by atoms with Crippen LogP contribution in [0.2, 0.25) is 0 Å². The van der Waals surface area contributed by atoms with Crippen molar-refractivity contribution < 1.29 is 0 Å². The van der Waals surface area contributed by atoms with E-state index in [1.165, 1.54) is 43.6 Å². The first-order chi connectivity index (χ1) is 8.07. The number of rotatable bonds is 0. The van der Waals surface area contributed by atoms with Gasteiger partial charge in [-0.2, -0.15) is 0 Å².